The maximum Gasteiger partial charge on any atom is 0.265 e. The van der Waals surface area contributed by atoms with Crippen molar-refractivity contribution in [2.45, 2.75) is 17.4 Å². The van der Waals surface area contributed by atoms with Gasteiger partial charge in [0.15, 0.2) is 11.5 Å². The fraction of sp³-hybridized carbons (Fsp3) is 0.171. The second-order valence-electron chi connectivity index (χ2n) is 10.7. The molecule has 6 rings (SSSR count). The van der Waals surface area contributed by atoms with Crippen molar-refractivity contribution in [3.05, 3.63) is 120 Å². The summed E-state index contributed by atoms with van der Waals surface area (Å²) in [7, 11) is 0.272. The summed E-state index contributed by atoms with van der Waals surface area (Å²) in [5.74, 6) is 0.512. The number of fused-ring (bicyclic) bond motifs is 1. The minimum atomic E-state index is -4.36. The minimum absolute atomic E-state index is 0.0187. The zero-order valence-corrected chi connectivity index (χ0v) is 26.6. The van der Waals surface area contributed by atoms with Crippen LogP contribution >= 0.6 is 0 Å². The topological polar surface area (TPSA) is 111 Å². The Morgan fingerprint density at radius 2 is 1.66 bits per heavy atom. The molecule has 0 spiro atoms. The summed E-state index contributed by atoms with van der Waals surface area (Å²) < 4.78 is 60.0. The van der Waals surface area contributed by atoms with E-state index in [0.29, 0.717) is 45.7 Å². The average molecular weight is 655 g/mol. The molecule has 4 aromatic carbocycles. The number of pyridine rings is 1. The van der Waals surface area contributed by atoms with Crippen LogP contribution in [0.3, 0.4) is 0 Å². The highest BCUT2D eigenvalue weighted by Gasteiger charge is 2.37. The molecule has 0 bridgehead atoms. The van der Waals surface area contributed by atoms with Gasteiger partial charge in [-0.2, -0.15) is 5.10 Å². The first-order valence-electron chi connectivity index (χ1n) is 14.6. The number of hydrazone groups is 1. The van der Waals surface area contributed by atoms with Crippen LogP contribution < -0.4 is 18.5 Å². The van der Waals surface area contributed by atoms with Crippen LogP contribution in [0.15, 0.2) is 113 Å². The lowest BCUT2D eigenvalue weighted by Gasteiger charge is -2.28. The largest absolute Gasteiger partial charge is 0.497 e. The quantitative estimate of drug-likeness (QED) is 0.182. The lowest BCUT2D eigenvalue weighted by molar-refractivity contribution is -0.131. The van der Waals surface area contributed by atoms with Gasteiger partial charge >= 0.3 is 0 Å². The van der Waals surface area contributed by atoms with Crippen LogP contribution in [0.2, 0.25) is 0 Å². The van der Waals surface area contributed by atoms with Crippen LogP contribution in [0, 0.1) is 5.82 Å². The molecule has 47 heavy (non-hydrogen) atoms. The van der Waals surface area contributed by atoms with Gasteiger partial charge in [0.2, 0.25) is 0 Å². The molecule has 0 radical (unpaired) electrons. The molecule has 12 heteroatoms. The summed E-state index contributed by atoms with van der Waals surface area (Å²) in [5.41, 5.74) is 2.23. The van der Waals surface area contributed by atoms with Gasteiger partial charge in [0.05, 0.1) is 43.7 Å². The van der Waals surface area contributed by atoms with Crippen molar-refractivity contribution < 1.29 is 31.8 Å². The molecule has 0 N–H and O–H groups in total. The molecule has 0 saturated heterocycles. The van der Waals surface area contributed by atoms with Gasteiger partial charge in [-0.25, -0.2) is 17.8 Å². The standard InChI is InChI=1S/C35H31FN4O6S/c1-44-28-14-7-23(8-15-28)30-20-31(24-9-16-32(45-2)33(19-24)46-3)40(38-30)35(41)22-39(27-12-10-26(36)11-13-27)47(42,43)34-6-4-5-25-21-37-18-17-29(25)34/h4-19,21,31H,20,22H2,1-3H3. The van der Waals surface area contributed by atoms with E-state index in [1.807, 2.05) is 18.2 Å². The number of benzene rings is 4. The lowest BCUT2D eigenvalue weighted by Crippen LogP contribution is -2.41. The predicted octanol–water partition coefficient (Wildman–Crippen LogP) is 5.97. The molecule has 1 aromatic heterocycles. The van der Waals surface area contributed by atoms with E-state index in [1.165, 1.54) is 43.6 Å². The van der Waals surface area contributed by atoms with E-state index in [-0.39, 0.29) is 10.6 Å². The Bertz CT molecular complexity index is 2070. The average Bonchev–Trinajstić information content (AvgIpc) is 3.56. The zero-order valence-electron chi connectivity index (χ0n) is 25.8. The van der Waals surface area contributed by atoms with E-state index in [4.69, 9.17) is 19.3 Å². The van der Waals surface area contributed by atoms with Crippen molar-refractivity contribution in [1.29, 1.82) is 0 Å². The molecule has 0 fully saturated rings. The van der Waals surface area contributed by atoms with Crippen LogP contribution in [-0.4, -0.2) is 57.9 Å². The van der Waals surface area contributed by atoms with Crippen LogP contribution in [0.5, 0.6) is 17.2 Å². The molecule has 1 unspecified atom stereocenters. The molecule has 0 saturated carbocycles. The Kier molecular flexibility index (Phi) is 8.77. The number of sulfonamides is 1. The Balaban J connectivity index is 1.43. The fourth-order valence-electron chi connectivity index (χ4n) is 5.57. The van der Waals surface area contributed by atoms with Crippen molar-refractivity contribution in [2.75, 3.05) is 32.2 Å². The minimum Gasteiger partial charge on any atom is -0.497 e. The zero-order chi connectivity index (χ0) is 33.1. The van der Waals surface area contributed by atoms with Crippen molar-refractivity contribution in [1.82, 2.24) is 9.99 Å². The summed E-state index contributed by atoms with van der Waals surface area (Å²) in [4.78, 5) is 18.4. The summed E-state index contributed by atoms with van der Waals surface area (Å²) in [5, 5.41) is 7.09. The van der Waals surface area contributed by atoms with E-state index in [2.05, 4.69) is 4.98 Å². The van der Waals surface area contributed by atoms with Gasteiger partial charge in [-0.1, -0.05) is 18.2 Å². The number of nitrogens with zero attached hydrogens (tertiary/aromatic N) is 4. The maximum atomic E-state index is 14.4. The Hall–Kier alpha value is -5.49. The molecular formula is C35H31FN4O6S. The number of anilines is 1. The van der Waals surface area contributed by atoms with E-state index < -0.39 is 34.3 Å². The lowest BCUT2D eigenvalue weighted by atomic mass is 9.98. The molecule has 1 atom stereocenters. The first kappa shape index (κ1) is 31.5. The normalized spacial score (nSPS) is 14.5. The van der Waals surface area contributed by atoms with Gasteiger partial charge in [-0.3, -0.25) is 14.1 Å². The third-order valence-corrected chi connectivity index (χ3v) is 9.82. The van der Waals surface area contributed by atoms with Gasteiger partial charge in [0, 0.05) is 29.6 Å². The number of aromatic nitrogens is 1. The molecule has 10 nitrogen and oxygen atoms in total. The van der Waals surface area contributed by atoms with Crippen molar-refractivity contribution in [3.63, 3.8) is 0 Å². The van der Waals surface area contributed by atoms with E-state index in [9.17, 15) is 17.6 Å². The van der Waals surface area contributed by atoms with Crippen LogP contribution in [-0.2, 0) is 14.8 Å². The maximum absolute atomic E-state index is 14.4. The summed E-state index contributed by atoms with van der Waals surface area (Å²) in [6.45, 7) is -0.612. The third kappa shape index (κ3) is 6.19. The second kappa shape index (κ2) is 13.1. The number of amides is 1. The second-order valence-corrected chi connectivity index (χ2v) is 12.5. The molecular weight excluding hydrogens is 623 g/mol. The van der Waals surface area contributed by atoms with Gasteiger partial charge in [0.25, 0.3) is 15.9 Å². The highest BCUT2D eigenvalue weighted by atomic mass is 32.2. The number of halogens is 1. The van der Waals surface area contributed by atoms with Gasteiger partial charge < -0.3 is 14.2 Å². The van der Waals surface area contributed by atoms with E-state index in [0.717, 1.165) is 22.0 Å². The Morgan fingerprint density at radius 1 is 0.915 bits per heavy atom. The van der Waals surface area contributed by atoms with Crippen LogP contribution in [0.25, 0.3) is 10.8 Å². The summed E-state index contributed by atoms with van der Waals surface area (Å²) in [6, 6.07) is 23.4. The van der Waals surface area contributed by atoms with Crippen LogP contribution in [0.1, 0.15) is 23.6 Å². The third-order valence-electron chi connectivity index (χ3n) is 7.98. The smallest absolute Gasteiger partial charge is 0.265 e. The van der Waals surface area contributed by atoms with Gasteiger partial charge in [-0.15, -0.1) is 0 Å². The summed E-state index contributed by atoms with van der Waals surface area (Å²) in [6.07, 6.45) is 3.41. The molecule has 240 valence electrons. The molecule has 2 heterocycles. The highest BCUT2D eigenvalue weighted by Crippen LogP contribution is 2.38. The molecule has 1 aliphatic heterocycles. The van der Waals surface area contributed by atoms with Crippen molar-refractivity contribution in [3.8, 4) is 17.2 Å². The van der Waals surface area contributed by atoms with Crippen molar-refractivity contribution in [2.24, 2.45) is 5.10 Å². The van der Waals surface area contributed by atoms with Crippen LogP contribution in [0.4, 0.5) is 10.1 Å². The highest BCUT2D eigenvalue weighted by molar-refractivity contribution is 7.93. The number of ether oxygens (including phenoxy) is 3. The molecule has 1 aliphatic rings. The van der Waals surface area contributed by atoms with Crippen molar-refractivity contribution >= 4 is 38.1 Å². The SMILES string of the molecule is COc1ccc(C2=NN(C(=O)CN(c3ccc(F)cc3)S(=O)(=O)c3cccc4cnccc34)C(c3ccc(OC)c(OC)c3)C2)cc1. The first-order valence-corrected chi connectivity index (χ1v) is 16.0. The number of rotatable bonds is 10. The Labute approximate surface area is 271 Å². The van der Waals surface area contributed by atoms with Gasteiger partial charge in [-0.05, 0) is 83.9 Å². The number of hydrogen-bond acceptors (Lipinski definition) is 8. The fourth-order valence-corrected chi connectivity index (χ4v) is 7.20. The number of methoxy groups -OCH3 is 3. The number of carbonyl (C=O) groups is 1. The molecule has 5 aromatic rings. The summed E-state index contributed by atoms with van der Waals surface area (Å²) >= 11 is 0. The predicted molar refractivity (Wildman–Crippen MR) is 176 cm³/mol. The van der Waals surface area contributed by atoms with E-state index in [1.54, 1.807) is 55.8 Å². The molecule has 0 aliphatic carbocycles. The first-order chi connectivity index (χ1) is 22.7. The molecule has 1 amide bonds. The van der Waals surface area contributed by atoms with E-state index >= 15 is 0 Å². The monoisotopic (exact) mass is 654 g/mol. The van der Waals surface area contributed by atoms with Gasteiger partial charge in [0.1, 0.15) is 18.1 Å². The Morgan fingerprint density at radius 3 is 2.36 bits per heavy atom. The number of hydrogen-bond donors (Lipinski definition) is 0. The number of carbonyl (C=O) groups excluding carboxylic acids is 1.